The first-order chi connectivity index (χ1) is 7.41. The number of hydrogen-bond donors (Lipinski definition) is 0. The van der Waals surface area contributed by atoms with E-state index in [0.29, 0.717) is 0 Å². The second-order valence-electron chi connectivity index (χ2n) is 2.35. The molecule has 0 aromatic carbocycles. The Balaban J connectivity index is 3.12. The maximum absolute atomic E-state index is 8.23. The number of nitrogens with zero attached hydrogens (tertiary/aromatic N) is 2. The summed E-state index contributed by atoms with van der Waals surface area (Å²) in [6.07, 6.45) is 3.99. The average molecular weight is 273 g/mol. The van der Waals surface area contributed by atoms with E-state index in [0.717, 1.165) is 35.6 Å². The molecule has 0 saturated carbocycles. The lowest BCUT2D eigenvalue weighted by Gasteiger charge is -1.97. The fraction of sp³-hybridized carbons (Fsp3) is 0.250. The summed E-state index contributed by atoms with van der Waals surface area (Å²) < 4.78 is 5.59. The Kier molecular flexibility index (Phi) is 13.2. The van der Waals surface area contributed by atoms with Crippen molar-refractivity contribution in [1.29, 1.82) is 10.5 Å². The summed E-state index contributed by atoms with van der Waals surface area (Å²) in [6.45, 7) is 0. The zero-order valence-corrected chi connectivity index (χ0v) is 12.7. The number of rotatable bonds is 8. The Morgan fingerprint density at radius 2 is 1.47 bits per heavy atom. The van der Waals surface area contributed by atoms with Gasteiger partial charge in [0, 0.05) is 0 Å². The Morgan fingerprint density at radius 1 is 1.00 bits per heavy atom. The first-order valence-electron chi connectivity index (χ1n) is 4.39. The van der Waals surface area contributed by atoms with Crippen LogP contribution in [0.25, 0.3) is 0 Å². The van der Waals surface area contributed by atoms with Gasteiger partial charge in [-0.2, -0.15) is 10.5 Å². The molecule has 7 heteroatoms. The molecule has 0 bridgehead atoms. The van der Waals surface area contributed by atoms with Crippen LogP contribution >= 0.6 is 23.5 Å². The fourth-order valence-electron chi connectivity index (χ4n) is 0.698. The van der Waals surface area contributed by atoms with Crippen molar-refractivity contribution in [2.24, 2.45) is 0 Å². The lowest BCUT2D eigenvalue weighted by atomic mass is 10.8. The SMILES string of the molecule is N#CSC=CC[SiH2]O[SiH2]CC=CSC#N. The van der Waals surface area contributed by atoms with Crippen LogP contribution in [0.15, 0.2) is 23.0 Å². The standard InChI is InChI=1S/C8H12N2OS2Si2/c9-7-12-3-1-5-14-11-15-6-2-4-13-8-10/h1-4H,5-6,14-15H2. The molecule has 0 aromatic rings. The lowest BCUT2D eigenvalue weighted by Crippen LogP contribution is -2.01. The third kappa shape index (κ3) is 13.6. The molecule has 0 rings (SSSR count). The Labute approximate surface area is 103 Å². The summed E-state index contributed by atoms with van der Waals surface area (Å²) in [5.41, 5.74) is 0. The summed E-state index contributed by atoms with van der Waals surface area (Å²) in [6, 6.07) is 2.00. The zero-order valence-electron chi connectivity index (χ0n) is 8.26. The molecule has 0 radical (unpaired) electrons. The van der Waals surface area contributed by atoms with Gasteiger partial charge in [-0.1, -0.05) is 12.2 Å². The molecule has 0 aliphatic heterocycles. The van der Waals surface area contributed by atoms with Gasteiger partial charge in [0.15, 0.2) is 0 Å². The van der Waals surface area contributed by atoms with Crippen LogP contribution < -0.4 is 0 Å². The van der Waals surface area contributed by atoms with Crippen LogP contribution in [0.3, 0.4) is 0 Å². The van der Waals surface area contributed by atoms with Crippen LogP contribution in [0.5, 0.6) is 0 Å². The first kappa shape index (κ1) is 14.6. The summed E-state index contributed by atoms with van der Waals surface area (Å²) in [7, 11) is -0.819. The van der Waals surface area contributed by atoms with Gasteiger partial charge in [0.25, 0.3) is 0 Å². The molecule has 0 N–H and O–H groups in total. The van der Waals surface area contributed by atoms with Gasteiger partial charge >= 0.3 is 0 Å². The van der Waals surface area contributed by atoms with Crippen LogP contribution in [0, 0.1) is 21.3 Å². The van der Waals surface area contributed by atoms with Gasteiger partial charge in [0.1, 0.15) is 30.3 Å². The molecular formula is C8H12N2OS2Si2. The van der Waals surface area contributed by atoms with E-state index in [1.54, 1.807) is 10.8 Å². The second kappa shape index (κ2) is 13.6. The second-order valence-corrected chi connectivity index (χ2v) is 7.34. The van der Waals surface area contributed by atoms with Crippen molar-refractivity contribution >= 4 is 43.1 Å². The van der Waals surface area contributed by atoms with Gasteiger partial charge in [-0.25, -0.2) is 0 Å². The van der Waals surface area contributed by atoms with E-state index < -0.39 is 19.5 Å². The van der Waals surface area contributed by atoms with Crippen molar-refractivity contribution in [3.63, 3.8) is 0 Å². The number of thioether (sulfide) groups is 2. The molecule has 0 aromatic heterocycles. The van der Waals surface area contributed by atoms with Gasteiger partial charge in [0.2, 0.25) is 0 Å². The highest BCUT2D eigenvalue weighted by molar-refractivity contribution is 8.06. The van der Waals surface area contributed by atoms with Crippen LogP contribution in [0.4, 0.5) is 0 Å². The van der Waals surface area contributed by atoms with Gasteiger partial charge in [-0.05, 0) is 46.4 Å². The molecule has 0 heterocycles. The molecule has 0 fully saturated rings. The molecule has 0 saturated heterocycles. The minimum Gasteiger partial charge on any atom is -0.465 e. The third-order valence-electron chi connectivity index (χ3n) is 1.29. The zero-order chi connectivity index (χ0) is 11.2. The van der Waals surface area contributed by atoms with E-state index in [1.165, 1.54) is 0 Å². The molecular weight excluding hydrogens is 260 g/mol. The highest BCUT2D eigenvalue weighted by Gasteiger charge is 1.86. The monoisotopic (exact) mass is 272 g/mol. The van der Waals surface area contributed by atoms with E-state index in [2.05, 4.69) is 0 Å². The molecule has 15 heavy (non-hydrogen) atoms. The Bertz CT molecular complexity index is 255. The Hall–Kier alpha value is -0.446. The largest absolute Gasteiger partial charge is 0.465 e. The van der Waals surface area contributed by atoms with Crippen LogP contribution in [-0.2, 0) is 4.12 Å². The van der Waals surface area contributed by atoms with Crippen LogP contribution in [0.2, 0.25) is 12.1 Å². The molecule has 0 aliphatic carbocycles. The number of allylic oxidation sites excluding steroid dienone is 2. The third-order valence-corrected chi connectivity index (χ3v) is 5.61. The van der Waals surface area contributed by atoms with Crippen molar-refractivity contribution in [3.8, 4) is 10.8 Å². The summed E-state index contributed by atoms with van der Waals surface area (Å²) in [5, 5.41) is 24.0. The van der Waals surface area contributed by atoms with E-state index in [4.69, 9.17) is 14.6 Å². The van der Waals surface area contributed by atoms with E-state index in [1.807, 2.05) is 23.0 Å². The maximum Gasteiger partial charge on any atom is 0.149 e. The van der Waals surface area contributed by atoms with Crippen molar-refractivity contribution in [1.82, 2.24) is 0 Å². The van der Waals surface area contributed by atoms with Gasteiger partial charge < -0.3 is 4.12 Å². The number of nitriles is 2. The van der Waals surface area contributed by atoms with Crippen molar-refractivity contribution < 1.29 is 4.12 Å². The smallest absolute Gasteiger partial charge is 0.149 e. The molecule has 0 aliphatic rings. The van der Waals surface area contributed by atoms with Gasteiger partial charge in [-0.3, -0.25) is 0 Å². The fourth-order valence-corrected chi connectivity index (χ4v) is 4.52. The normalized spacial score (nSPS) is 12.1. The molecule has 0 atom stereocenters. The number of thiocyanates is 2. The van der Waals surface area contributed by atoms with E-state index in [-0.39, 0.29) is 0 Å². The van der Waals surface area contributed by atoms with Crippen LogP contribution in [-0.4, -0.2) is 19.5 Å². The average Bonchev–Trinajstić information content (AvgIpc) is 2.26. The van der Waals surface area contributed by atoms with Crippen molar-refractivity contribution in [3.05, 3.63) is 23.0 Å². The van der Waals surface area contributed by atoms with Crippen molar-refractivity contribution in [2.75, 3.05) is 0 Å². The lowest BCUT2D eigenvalue weighted by molar-refractivity contribution is 0.643. The predicted molar refractivity (Wildman–Crippen MR) is 72.5 cm³/mol. The molecule has 3 nitrogen and oxygen atoms in total. The quantitative estimate of drug-likeness (QED) is 0.380. The molecule has 0 spiro atoms. The summed E-state index contributed by atoms with van der Waals surface area (Å²) >= 11 is 2.29. The number of hydrogen-bond acceptors (Lipinski definition) is 5. The highest BCUT2D eigenvalue weighted by atomic mass is 32.2. The maximum atomic E-state index is 8.23. The first-order valence-corrected chi connectivity index (χ1v) is 9.30. The molecule has 80 valence electrons. The summed E-state index contributed by atoms with van der Waals surface area (Å²) in [5.74, 6) is 0. The minimum absolute atomic E-state index is 0.410. The summed E-state index contributed by atoms with van der Waals surface area (Å²) in [4.78, 5) is 0. The van der Waals surface area contributed by atoms with E-state index >= 15 is 0 Å². The molecule has 0 unspecified atom stereocenters. The topological polar surface area (TPSA) is 56.8 Å². The predicted octanol–water partition coefficient (Wildman–Crippen LogP) is 1.46. The van der Waals surface area contributed by atoms with E-state index in [9.17, 15) is 0 Å². The van der Waals surface area contributed by atoms with Gasteiger partial charge in [-0.15, -0.1) is 0 Å². The van der Waals surface area contributed by atoms with Crippen molar-refractivity contribution in [2.45, 2.75) is 12.1 Å². The molecule has 0 amide bonds. The van der Waals surface area contributed by atoms with Gasteiger partial charge in [0.05, 0.1) is 0 Å². The van der Waals surface area contributed by atoms with Crippen LogP contribution in [0.1, 0.15) is 0 Å². The minimum atomic E-state index is -0.410. The Morgan fingerprint density at radius 3 is 1.87 bits per heavy atom. The highest BCUT2D eigenvalue weighted by Crippen LogP contribution is 2.00.